The molecule has 0 saturated heterocycles. The van der Waals surface area contributed by atoms with Gasteiger partial charge >= 0.3 is 6.61 Å². The van der Waals surface area contributed by atoms with Gasteiger partial charge in [-0.05, 0) is 23.6 Å². The Labute approximate surface area is 138 Å². The molecule has 6 heteroatoms. The smallest absolute Gasteiger partial charge is 0.387 e. The van der Waals surface area contributed by atoms with Gasteiger partial charge in [0.15, 0.2) is 0 Å². The average molecular weight is 332 g/mol. The molecule has 1 atom stereocenters. The van der Waals surface area contributed by atoms with Gasteiger partial charge in [0.1, 0.15) is 5.75 Å². The van der Waals surface area contributed by atoms with Crippen LogP contribution in [-0.2, 0) is 24.3 Å². The summed E-state index contributed by atoms with van der Waals surface area (Å²) in [6.07, 6.45) is 0.608. The Hall–Kier alpha value is -2.47. The number of halogens is 2. The van der Waals surface area contributed by atoms with Crippen LogP contribution >= 0.6 is 0 Å². The Morgan fingerprint density at radius 2 is 1.88 bits per heavy atom. The van der Waals surface area contributed by atoms with E-state index in [4.69, 9.17) is 0 Å². The number of carbonyl (C=O) groups is 1. The molecule has 0 aliphatic carbocycles. The number of nitrogens with one attached hydrogen (secondary N) is 2. The van der Waals surface area contributed by atoms with Crippen molar-refractivity contribution in [3.8, 4) is 5.75 Å². The van der Waals surface area contributed by atoms with Crippen molar-refractivity contribution in [2.75, 3.05) is 0 Å². The minimum absolute atomic E-state index is 0.0785. The Morgan fingerprint density at radius 3 is 2.67 bits per heavy atom. The summed E-state index contributed by atoms with van der Waals surface area (Å²) in [6, 6.07) is 14.1. The summed E-state index contributed by atoms with van der Waals surface area (Å²) in [5.74, 6) is -0.0777. The minimum atomic E-state index is -2.89. The zero-order valence-corrected chi connectivity index (χ0v) is 13.0. The fraction of sp³-hybridized carbons (Fsp3) is 0.278. The maximum absolute atomic E-state index is 12.4. The molecule has 0 spiro atoms. The molecule has 2 aromatic rings. The molecule has 4 nitrogen and oxygen atoms in total. The molecule has 24 heavy (non-hydrogen) atoms. The van der Waals surface area contributed by atoms with Crippen LogP contribution in [0.4, 0.5) is 8.78 Å². The number of amides is 1. The second-order valence-electron chi connectivity index (χ2n) is 5.61. The fourth-order valence-electron chi connectivity index (χ4n) is 2.81. The van der Waals surface area contributed by atoms with E-state index in [-0.39, 0.29) is 24.2 Å². The monoisotopic (exact) mass is 332 g/mol. The number of benzene rings is 2. The van der Waals surface area contributed by atoms with E-state index in [9.17, 15) is 13.6 Å². The molecule has 0 saturated carbocycles. The second kappa shape index (κ2) is 7.40. The van der Waals surface area contributed by atoms with Crippen LogP contribution in [0.3, 0.4) is 0 Å². The van der Waals surface area contributed by atoms with Crippen LogP contribution in [0.2, 0.25) is 0 Å². The minimum Gasteiger partial charge on any atom is -0.434 e. The summed E-state index contributed by atoms with van der Waals surface area (Å²) in [6.45, 7) is -2.11. The largest absolute Gasteiger partial charge is 0.434 e. The number of hydrogen-bond acceptors (Lipinski definition) is 3. The molecule has 1 aliphatic heterocycles. The van der Waals surface area contributed by atoms with Gasteiger partial charge in [0.2, 0.25) is 5.91 Å². The Kier molecular flexibility index (Phi) is 5.05. The van der Waals surface area contributed by atoms with E-state index >= 15 is 0 Å². The normalized spacial score (nSPS) is 16.5. The van der Waals surface area contributed by atoms with E-state index in [1.165, 1.54) is 11.6 Å². The lowest BCUT2D eigenvalue weighted by molar-refractivity contribution is -0.123. The summed E-state index contributed by atoms with van der Waals surface area (Å²) in [5, 5.41) is 5.98. The van der Waals surface area contributed by atoms with Crippen LogP contribution in [0.1, 0.15) is 16.7 Å². The van der Waals surface area contributed by atoms with Gasteiger partial charge in [-0.2, -0.15) is 8.78 Å². The van der Waals surface area contributed by atoms with Crippen molar-refractivity contribution in [3.63, 3.8) is 0 Å². The highest BCUT2D eigenvalue weighted by atomic mass is 19.3. The highest BCUT2D eigenvalue weighted by Gasteiger charge is 2.23. The molecule has 3 rings (SSSR count). The van der Waals surface area contributed by atoms with Gasteiger partial charge in [0.25, 0.3) is 0 Å². The molecule has 0 fully saturated rings. The van der Waals surface area contributed by atoms with E-state index in [2.05, 4.69) is 15.4 Å². The van der Waals surface area contributed by atoms with E-state index in [0.717, 1.165) is 5.56 Å². The van der Waals surface area contributed by atoms with E-state index in [1.807, 2.05) is 24.3 Å². The van der Waals surface area contributed by atoms with Crippen LogP contribution in [0.25, 0.3) is 0 Å². The predicted molar refractivity (Wildman–Crippen MR) is 85.7 cm³/mol. The molecule has 0 aromatic heterocycles. The fourth-order valence-corrected chi connectivity index (χ4v) is 2.81. The standard InChI is InChI=1S/C18H18F2N2O2/c19-18(20)24-16-8-4-3-7-14(16)11-22-17(23)15-9-12-5-1-2-6-13(12)10-21-15/h1-8,15,18,21H,9-11H2,(H,22,23). The Morgan fingerprint density at radius 1 is 1.17 bits per heavy atom. The SMILES string of the molecule is O=C(NCc1ccccc1OC(F)F)C1Cc2ccccc2CN1. The van der Waals surface area contributed by atoms with Gasteiger partial charge in [-0.3, -0.25) is 4.79 Å². The predicted octanol–water partition coefficient (Wildman–Crippen LogP) is 2.62. The van der Waals surface area contributed by atoms with Crippen molar-refractivity contribution in [3.05, 3.63) is 65.2 Å². The number of rotatable bonds is 5. The van der Waals surface area contributed by atoms with Gasteiger partial charge in [-0.15, -0.1) is 0 Å². The van der Waals surface area contributed by atoms with Gasteiger partial charge in [0.05, 0.1) is 6.04 Å². The highest BCUT2D eigenvalue weighted by Crippen LogP contribution is 2.20. The quantitative estimate of drug-likeness (QED) is 0.885. The third-order valence-electron chi connectivity index (χ3n) is 4.04. The van der Waals surface area contributed by atoms with Crippen LogP contribution in [-0.4, -0.2) is 18.6 Å². The third-order valence-corrected chi connectivity index (χ3v) is 4.04. The summed E-state index contributed by atoms with van der Waals surface area (Å²) in [7, 11) is 0. The van der Waals surface area contributed by atoms with Gasteiger partial charge in [0, 0.05) is 18.7 Å². The molecule has 1 aliphatic rings. The number of alkyl halides is 2. The molecule has 1 heterocycles. The first-order valence-corrected chi connectivity index (χ1v) is 7.74. The maximum atomic E-state index is 12.4. The van der Waals surface area contributed by atoms with Crippen LogP contribution in [0.5, 0.6) is 5.75 Å². The van der Waals surface area contributed by atoms with E-state index < -0.39 is 6.61 Å². The molecule has 2 aromatic carbocycles. The number of para-hydroxylation sites is 1. The summed E-state index contributed by atoms with van der Waals surface area (Å²) in [4.78, 5) is 12.4. The highest BCUT2D eigenvalue weighted by molar-refractivity contribution is 5.82. The molecule has 0 bridgehead atoms. The molecule has 1 amide bonds. The summed E-state index contributed by atoms with van der Waals surface area (Å²) < 4.78 is 29.3. The van der Waals surface area contributed by atoms with Crippen molar-refractivity contribution in [1.29, 1.82) is 0 Å². The summed E-state index contributed by atoms with van der Waals surface area (Å²) >= 11 is 0. The maximum Gasteiger partial charge on any atom is 0.387 e. The van der Waals surface area contributed by atoms with E-state index in [0.29, 0.717) is 18.5 Å². The number of carbonyl (C=O) groups excluding carboxylic acids is 1. The van der Waals surface area contributed by atoms with Crippen molar-refractivity contribution in [2.45, 2.75) is 32.2 Å². The van der Waals surface area contributed by atoms with Crippen molar-refractivity contribution >= 4 is 5.91 Å². The number of ether oxygens (including phenoxy) is 1. The van der Waals surface area contributed by atoms with Crippen molar-refractivity contribution in [2.24, 2.45) is 0 Å². The van der Waals surface area contributed by atoms with Gasteiger partial charge in [-0.25, -0.2) is 0 Å². The molecule has 126 valence electrons. The molecule has 1 unspecified atom stereocenters. The van der Waals surface area contributed by atoms with Crippen molar-refractivity contribution in [1.82, 2.24) is 10.6 Å². The first-order chi connectivity index (χ1) is 11.6. The van der Waals surface area contributed by atoms with Crippen molar-refractivity contribution < 1.29 is 18.3 Å². The zero-order chi connectivity index (χ0) is 16.9. The lowest BCUT2D eigenvalue weighted by atomic mass is 9.95. The van der Waals surface area contributed by atoms with Crippen LogP contribution < -0.4 is 15.4 Å². The third kappa shape index (κ3) is 3.89. The second-order valence-corrected chi connectivity index (χ2v) is 5.61. The summed E-state index contributed by atoms with van der Waals surface area (Å²) in [5.41, 5.74) is 2.86. The first-order valence-electron chi connectivity index (χ1n) is 7.74. The van der Waals surface area contributed by atoms with Gasteiger partial charge < -0.3 is 15.4 Å². The van der Waals surface area contributed by atoms with Crippen LogP contribution in [0.15, 0.2) is 48.5 Å². The molecular weight excluding hydrogens is 314 g/mol. The lowest BCUT2D eigenvalue weighted by Crippen LogP contribution is -2.47. The Balaban J connectivity index is 1.61. The van der Waals surface area contributed by atoms with Gasteiger partial charge in [-0.1, -0.05) is 42.5 Å². The topological polar surface area (TPSA) is 50.4 Å². The number of hydrogen-bond donors (Lipinski definition) is 2. The van der Waals surface area contributed by atoms with Crippen LogP contribution in [0, 0.1) is 0 Å². The molecule has 0 radical (unpaired) electrons. The first kappa shape index (κ1) is 16.4. The lowest BCUT2D eigenvalue weighted by Gasteiger charge is -2.25. The van der Waals surface area contributed by atoms with E-state index in [1.54, 1.807) is 18.2 Å². The Bertz CT molecular complexity index is 722. The molecular formula is C18H18F2N2O2. The zero-order valence-electron chi connectivity index (χ0n) is 13.0. The molecule has 2 N–H and O–H groups in total. The average Bonchev–Trinajstić information content (AvgIpc) is 2.60. The number of fused-ring (bicyclic) bond motifs is 1.